The summed E-state index contributed by atoms with van der Waals surface area (Å²) in [5.74, 6) is 0.793. The summed E-state index contributed by atoms with van der Waals surface area (Å²) in [6.07, 6.45) is 9.66. The molecule has 1 aromatic rings. The summed E-state index contributed by atoms with van der Waals surface area (Å²) >= 11 is 0. The minimum atomic E-state index is 0.445. The summed E-state index contributed by atoms with van der Waals surface area (Å²) in [6.45, 7) is 8.18. The van der Waals surface area contributed by atoms with Gasteiger partial charge in [-0.15, -0.1) is 0 Å². The molecule has 0 bridgehead atoms. The highest BCUT2D eigenvalue weighted by Crippen LogP contribution is 2.49. The Morgan fingerprint density at radius 1 is 1.35 bits per heavy atom. The Bertz CT molecular complexity index is 498. The molecule has 1 spiro atoms. The number of pyridine rings is 1. The van der Waals surface area contributed by atoms with Crippen LogP contribution in [0.5, 0.6) is 0 Å². The molecule has 2 aliphatic rings. The van der Waals surface area contributed by atoms with Gasteiger partial charge in [0.2, 0.25) is 0 Å². The summed E-state index contributed by atoms with van der Waals surface area (Å²) in [5, 5.41) is 3.37. The van der Waals surface area contributed by atoms with Crippen molar-refractivity contribution in [3.8, 4) is 0 Å². The molecule has 1 saturated carbocycles. The third-order valence-corrected chi connectivity index (χ3v) is 5.60. The first-order valence-corrected chi connectivity index (χ1v) is 7.98. The molecule has 1 N–H and O–H groups in total. The van der Waals surface area contributed by atoms with Gasteiger partial charge in [0.05, 0.1) is 0 Å². The largest absolute Gasteiger partial charge is 0.389 e. The van der Waals surface area contributed by atoms with Gasteiger partial charge in [-0.1, -0.05) is 12.6 Å². The van der Waals surface area contributed by atoms with Gasteiger partial charge >= 0.3 is 0 Å². The van der Waals surface area contributed by atoms with Crippen molar-refractivity contribution in [1.82, 2.24) is 10.3 Å². The summed E-state index contributed by atoms with van der Waals surface area (Å²) in [4.78, 5) is 4.76. The number of nitrogens with zero attached hydrogens (tertiary/aromatic N) is 1. The molecule has 2 nitrogen and oxygen atoms in total. The highest BCUT2D eigenvalue weighted by atomic mass is 14.9. The average Bonchev–Trinajstić information content (AvgIpc) is 2.78. The number of aromatic nitrogens is 1. The van der Waals surface area contributed by atoms with Crippen molar-refractivity contribution in [2.75, 3.05) is 0 Å². The molecule has 1 fully saturated rings. The molecule has 1 aromatic heterocycles. The van der Waals surface area contributed by atoms with E-state index in [1.165, 1.54) is 49.9 Å². The van der Waals surface area contributed by atoms with E-state index in [9.17, 15) is 0 Å². The van der Waals surface area contributed by atoms with Gasteiger partial charge in [0, 0.05) is 17.4 Å². The zero-order valence-electron chi connectivity index (χ0n) is 12.8. The topological polar surface area (TPSA) is 24.9 Å². The Labute approximate surface area is 122 Å². The molecule has 1 unspecified atom stereocenters. The lowest BCUT2D eigenvalue weighted by atomic mass is 9.66. The van der Waals surface area contributed by atoms with E-state index in [2.05, 4.69) is 37.9 Å². The van der Waals surface area contributed by atoms with Crippen LogP contribution < -0.4 is 5.32 Å². The molecule has 3 rings (SSSR count). The van der Waals surface area contributed by atoms with Crippen LogP contribution in [0.2, 0.25) is 0 Å². The first-order valence-electron chi connectivity index (χ1n) is 7.98. The van der Waals surface area contributed by atoms with Crippen molar-refractivity contribution in [2.24, 2.45) is 5.92 Å². The Morgan fingerprint density at radius 2 is 2.10 bits per heavy atom. The van der Waals surface area contributed by atoms with Gasteiger partial charge in [-0.2, -0.15) is 0 Å². The Morgan fingerprint density at radius 3 is 2.80 bits per heavy atom. The zero-order chi connectivity index (χ0) is 14.2. The van der Waals surface area contributed by atoms with Crippen LogP contribution in [0.15, 0.2) is 24.9 Å². The van der Waals surface area contributed by atoms with E-state index >= 15 is 0 Å². The summed E-state index contributed by atoms with van der Waals surface area (Å²) in [5.41, 5.74) is 4.55. The predicted octanol–water partition coefficient (Wildman–Crippen LogP) is 3.89. The Balaban J connectivity index is 1.74. The summed E-state index contributed by atoms with van der Waals surface area (Å²) in [7, 11) is 0. The van der Waals surface area contributed by atoms with E-state index < -0.39 is 0 Å². The van der Waals surface area contributed by atoms with Gasteiger partial charge < -0.3 is 5.32 Å². The SMILES string of the molecule is C=CNC(C)C1CCC2(CCc3nc(C)ccc32)CC1. The fraction of sp³-hybridized carbons (Fsp3) is 0.611. The van der Waals surface area contributed by atoms with Crippen molar-refractivity contribution >= 4 is 0 Å². The van der Waals surface area contributed by atoms with Crippen molar-refractivity contribution in [3.63, 3.8) is 0 Å². The third-order valence-electron chi connectivity index (χ3n) is 5.60. The number of rotatable bonds is 3. The van der Waals surface area contributed by atoms with Crippen LogP contribution in [0.1, 0.15) is 56.0 Å². The second kappa shape index (κ2) is 5.23. The smallest absolute Gasteiger partial charge is 0.0444 e. The Hall–Kier alpha value is -1.31. The van der Waals surface area contributed by atoms with E-state index in [0.717, 1.165) is 5.92 Å². The van der Waals surface area contributed by atoms with Gasteiger partial charge in [-0.05, 0) is 81.5 Å². The molecule has 0 amide bonds. The van der Waals surface area contributed by atoms with Crippen LogP contribution in [0, 0.1) is 12.8 Å². The van der Waals surface area contributed by atoms with Crippen LogP contribution >= 0.6 is 0 Å². The quantitative estimate of drug-likeness (QED) is 0.901. The maximum Gasteiger partial charge on any atom is 0.0444 e. The zero-order valence-corrected chi connectivity index (χ0v) is 12.8. The van der Waals surface area contributed by atoms with Gasteiger partial charge in [0.15, 0.2) is 0 Å². The fourth-order valence-electron chi connectivity index (χ4n) is 4.31. The van der Waals surface area contributed by atoms with Crippen LogP contribution in [-0.4, -0.2) is 11.0 Å². The van der Waals surface area contributed by atoms with E-state index in [-0.39, 0.29) is 0 Å². The van der Waals surface area contributed by atoms with Crippen LogP contribution in [-0.2, 0) is 11.8 Å². The normalized spacial score (nSPS) is 30.0. The standard InChI is InChI=1S/C18H26N2/c1-4-19-14(3)15-7-10-18(11-8-15)12-9-17-16(18)6-5-13(2)20-17/h4-6,14-15,19H,1,7-12H2,2-3H3. The highest BCUT2D eigenvalue weighted by Gasteiger charge is 2.42. The molecule has 0 aliphatic heterocycles. The van der Waals surface area contributed by atoms with E-state index in [1.807, 2.05) is 6.20 Å². The maximum absolute atomic E-state index is 4.76. The number of fused-ring (bicyclic) bond motifs is 2. The second-order valence-corrected chi connectivity index (χ2v) is 6.72. The molecule has 2 heteroatoms. The molecular weight excluding hydrogens is 244 g/mol. The first-order chi connectivity index (χ1) is 9.64. The van der Waals surface area contributed by atoms with Gasteiger partial charge in [-0.25, -0.2) is 0 Å². The van der Waals surface area contributed by atoms with Crippen molar-refractivity contribution in [3.05, 3.63) is 41.9 Å². The van der Waals surface area contributed by atoms with E-state index in [1.54, 1.807) is 5.56 Å². The molecule has 1 atom stereocenters. The monoisotopic (exact) mass is 270 g/mol. The summed E-state index contributed by atoms with van der Waals surface area (Å²) in [6, 6.07) is 5.11. The number of hydrogen-bond acceptors (Lipinski definition) is 2. The molecule has 1 heterocycles. The lowest BCUT2D eigenvalue weighted by Gasteiger charge is -2.40. The molecule has 2 aliphatic carbocycles. The molecule has 0 radical (unpaired) electrons. The lowest BCUT2D eigenvalue weighted by Crippen LogP contribution is -2.37. The molecule has 20 heavy (non-hydrogen) atoms. The second-order valence-electron chi connectivity index (χ2n) is 6.72. The molecule has 0 saturated heterocycles. The predicted molar refractivity (Wildman–Crippen MR) is 83.7 cm³/mol. The highest BCUT2D eigenvalue weighted by molar-refractivity contribution is 5.36. The van der Waals surface area contributed by atoms with Gasteiger partial charge in [-0.3, -0.25) is 4.98 Å². The van der Waals surface area contributed by atoms with E-state index in [0.29, 0.717) is 11.5 Å². The lowest BCUT2D eigenvalue weighted by molar-refractivity contribution is 0.203. The van der Waals surface area contributed by atoms with Gasteiger partial charge in [0.25, 0.3) is 0 Å². The minimum Gasteiger partial charge on any atom is -0.389 e. The third kappa shape index (κ3) is 2.25. The minimum absolute atomic E-state index is 0.445. The first kappa shape index (κ1) is 13.7. The van der Waals surface area contributed by atoms with Crippen molar-refractivity contribution < 1.29 is 0 Å². The molecule has 108 valence electrons. The van der Waals surface area contributed by atoms with Crippen LogP contribution in [0.4, 0.5) is 0 Å². The van der Waals surface area contributed by atoms with Crippen LogP contribution in [0.25, 0.3) is 0 Å². The summed E-state index contributed by atoms with van der Waals surface area (Å²) < 4.78 is 0. The maximum atomic E-state index is 4.76. The fourth-order valence-corrected chi connectivity index (χ4v) is 4.31. The van der Waals surface area contributed by atoms with Crippen molar-refractivity contribution in [2.45, 2.75) is 63.8 Å². The number of hydrogen-bond donors (Lipinski definition) is 1. The number of nitrogens with one attached hydrogen (secondary N) is 1. The van der Waals surface area contributed by atoms with Crippen molar-refractivity contribution in [1.29, 1.82) is 0 Å². The number of aryl methyl sites for hydroxylation is 2. The Kier molecular flexibility index (Phi) is 3.57. The van der Waals surface area contributed by atoms with E-state index in [4.69, 9.17) is 4.98 Å². The molecule has 0 aromatic carbocycles. The molecular formula is C18H26N2. The van der Waals surface area contributed by atoms with Gasteiger partial charge in [0.1, 0.15) is 0 Å². The average molecular weight is 270 g/mol. The van der Waals surface area contributed by atoms with Crippen LogP contribution in [0.3, 0.4) is 0 Å².